The Kier molecular flexibility index (Phi) is 10.8. The second-order valence-electron chi connectivity index (χ2n) is 11.5. The van der Waals surface area contributed by atoms with Crippen molar-refractivity contribution in [3.05, 3.63) is 83.4 Å². The van der Waals surface area contributed by atoms with Gasteiger partial charge in [0.25, 0.3) is 0 Å². The second kappa shape index (κ2) is 14.8. The summed E-state index contributed by atoms with van der Waals surface area (Å²) in [6, 6.07) is 20.6. The first kappa shape index (κ1) is 32.2. The van der Waals surface area contributed by atoms with E-state index in [0.29, 0.717) is 32.7 Å². The van der Waals surface area contributed by atoms with E-state index in [9.17, 15) is 13.5 Å². The summed E-state index contributed by atoms with van der Waals surface area (Å²) in [5.41, 5.74) is 4.07. The van der Waals surface area contributed by atoms with E-state index in [1.165, 1.54) is 4.31 Å². The number of ether oxygens (including phenoxy) is 4. The van der Waals surface area contributed by atoms with Crippen molar-refractivity contribution in [1.82, 2.24) is 4.31 Å². The Balaban J connectivity index is 1.42. The number of hydrogen-bond acceptors (Lipinski definition) is 8. The highest BCUT2D eigenvalue weighted by Gasteiger charge is 2.42. The van der Waals surface area contributed by atoms with Crippen LogP contribution in [0.15, 0.2) is 71.6 Å². The molecule has 9 nitrogen and oxygen atoms in total. The summed E-state index contributed by atoms with van der Waals surface area (Å²) in [4.78, 5) is 2.56. The predicted octanol–water partition coefficient (Wildman–Crippen LogP) is 4.75. The molecule has 44 heavy (non-hydrogen) atoms. The van der Waals surface area contributed by atoms with Crippen molar-refractivity contribution < 1.29 is 32.5 Å². The standard InChI is InChI=1S/C34H44N2O7S/c1-25-5-12-30(13-6-25)44(38,39)36-23-34(31(22-28(36)15-18-37)27-8-10-29(41-3)11-9-27)43-24-26-7-14-33-32(21-26)35(17-20-42-33)16-4-19-40-2/h5-14,21,28,31,34,37H,4,15-20,22-24H2,1-3H3/t28-,31+,34-/m0/s1. The zero-order chi connectivity index (χ0) is 31.1. The van der Waals surface area contributed by atoms with Crippen LogP contribution in [0, 0.1) is 6.92 Å². The first-order chi connectivity index (χ1) is 21.3. The molecule has 0 saturated carbocycles. The molecule has 0 unspecified atom stereocenters. The van der Waals surface area contributed by atoms with Gasteiger partial charge in [-0.3, -0.25) is 0 Å². The molecule has 2 aliphatic rings. The van der Waals surface area contributed by atoms with Crippen LogP contribution in [-0.4, -0.2) is 83.6 Å². The summed E-state index contributed by atoms with van der Waals surface area (Å²) in [5, 5.41) is 9.95. The lowest BCUT2D eigenvalue weighted by atomic mass is 9.83. The van der Waals surface area contributed by atoms with Crippen molar-refractivity contribution in [2.45, 2.75) is 55.8 Å². The van der Waals surface area contributed by atoms with Crippen LogP contribution in [-0.2, 0) is 26.1 Å². The number of aliphatic hydroxyl groups is 1. The summed E-state index contributed by atoms with van der Waals surface area (Å²) >= 11 is 0. The number of benzene rings is 3. The Bertz CT molecular complexity index is 1460. The molecule has 2 aliphatic heterocycles. The van der Waals surface area contributed by atoms with E-state index >= 15 is 0 Å². The lowest BCUT2D eigenvalue weighted by molar-refractivity contribution is -0.0225. The molecule has 2 heterocycles. The first-order valence-corrected chi connectivity index (χ1v) is 16.7. The molecule has 1 saturated heterocycles. The maximum atomic E-state index is 14.0. The number of aliphatic hydroxyl groups excluding tert-OH is 1. The summed E-state index contributed by atoms with van der Waals surface area (Å²) in [6.45, 7) is 5.33. The van der Waals surface area contributed by atoms with Crippen LogP contribution in [0.5, 0.6) is 11.5 Å². The van der Waals surface area contributed by atoms with Crippen molar-refractivity contribution in [2.75, 3.05) is 58.6 Å². The molecule has 238 valence electrons. The van der Waals surface area contributed by atoms with E-state index in [1.54, 1.807) is 26.4 Å². The average molecular weight is 625 g/mol. The van der Waals surface area contributed by atoms with Crippen LogP contribution in [0.25, 0.3) is 0 Å². The Morgan fingerprint density at radius 1 is 1.02 bits per heavy atom. The largest absolute Gasteiger partial charge is 0.497 e. The molecule has 10 heteroatoms. The number of nitrogens with zero attached hydrogens (tertiary/aromatic N) is 2. The molecular formula is C34H44N2O7S. The van der Waals surface area contributed by atoms with E-state index in [2.05, 4.69) is 11.0 Å². The summed E-state index contributed by atoms with van der Waals surface area (Å²) in [6.07, 6.45) is 1.37. The van der Waals surface area contributed by atoms with Crippen LogP contribution in [0.2, 0.25) is 0 Å². The maximum Gasteiger partial charge on any atom is 0.243 e. The molecule has 3 aromatic rings. The van der Waals surface area contributed by atoms with E-state index < -0.39 is 16.1 Å². The minimum Gasteiger partial charge on any atom is -0.497 e. The zero-order valence-corrected chi connectivity index (χ0v) is 26.7. The molecule has 0 amide bonds. The molecule has 0 spiro atoms. The lowest BCUT2D eigenvalue weighted by Gasteiger charge is -2.43. The second-order valence-corrected chi connectivity index (χ2v) is 13.4. The Hall–Kier alpha value is -3.15. The predicted molar refractivity (Wildman–Crippen MR) is 170 cm³/mol. The molecule has 1 fully saturated rings. The highest BCUT2D eigenvalue weighted by Crippen LogP contribution is 2.39. The summed E-state index contributed by atoms with van der Waals surface area (Å²) < 4.78 is 52.7. The van der Waals surface area contributed by atoms with Gasteiger partial charge >= 0.3 is 0 Å². The van der Waals surface area contributed by atoms with E-state index in [-0.39, 0.29) is 30.0 Å². The number of anilines is 1. The molecule has 3 aromatic carbocycles. The molecule has 1 N–H and O–H groups in total. The van der Waals surface area contributed by atoms with E-state index in [1.807, 2.05) is 55.5 Å². The highest BCUT2D eigenvalue weighted by atomic mass is 32.2. The fourth-order valence-corrected chi connectivity index (χ4v) is 7.86. The third-order valence-corrected chi connectivity index (χ3v) is 10.5. The average Bonchev–Trinajstić information content (AvgIpc) is 3.04. The molecular weight excluding hydrogens is 580 g/mol. The Labute approximate surface area is 261 Å². The van der Waals surface area contributed by atoms with Gasteiger partial charge in [0, 0.05) is 45.4 Å². The van der Waals surface area contributed by atoms with Crippen LogP contribution in [0.3, 0.4) is 0 Å². The lowest BCUT2D eigenvalue weighted by Crippen LogP contribution is -2.52. The fraction of sp³-hybridized carbons (Fsp3) is 0.471. The van der Waals surface area contributed by atoms with Gasteiger partial charge in [0.15, 0.2) is 0 Å². The van der Waals surface area contributed by atoms with Gasteiger partial charge < -0.3 is 29.0 Å². The van der Waals surface area contributed by atoms with Crippen LogP contribution >= 0.6 is 0 Å². The SMILES string of the molecule is COCCCN1CCOc2ccc(CO[C@H]3CN(S(=O)(=O)c4ccc(C)cc4)[C@@H](CCO)C[C@@H]3c3ccc(OC)cc3)cc21. The van der Waals surface area contributed by atoms with Gasteiger partial charge in [-0.2, -0.15) is 4.31 Å². The number of sulfonamides is 1. The molecule has 0 aliphatic carbocycles. The number of rotatable bonds is 13. The van der Waals surface area contributed by atoms with Gasteiger partial charge in [-0.25, -0.2) is 8.42 Å². The van der Waals surface area contributed by atoms with Gasteiger partial charge in [0.2, 0.25) is 10.0 Å². The number of aryl methyl sites for hydroxylation is 1. The summed E-state index contributed by atoms with van der Waals surface area (Å²) in [7, 11) is -0.476. The third-order valence-electron chi connectivity index (χ3n) is 8.60. The number of fused-ring (bicyclic) bond motifs is 1. The van der Waals surface area contributed by atoms with Crippen molar-refractivity contribution >= 4 is 15.7 Å². The van der Waals surface area contributed by atoms with E-state index in [0.717, 1.165) is 53.4 Å². The van der Waals surface area contributed by atoms with Crippen molar-refractivity contribution in [3.8, 4) is 11.5 Å². The topological polar surface area (TPSA) is 97.8 Å². The van der Waals surface area contributed by atoms with Crippen molar-refractivity contribution in [3.63, 3.8) is 0 Å². The van der Waals surface area contributed by atoms with Gasteiger partial charge in [0.05, 0.1) is 36.9 Å². The molecule has 0 aromatic heterocycles. The van der Waals surface area contributed by atoms with Gasteiger partial charge in [0.1, 0.15) is 18.1 Å². The molecule has 0 radical (unpaired) electrons. The minimum atomic E-state index is -3.82. The normalized spacial score (nSPS) is 20.6. The quantitative estimate of drug-likeness (QED) is 0.272. The van der Waals surface area contributed by atoms with Crippen molar-refractivity contribution in [1.29, 1.82) is 0 Å². The van der Waals surface area contributed by atoms with Crippen LogP contribution in [0.4, 0.5) is 5.69 Å². The number of hydrogen-bond donors (Lipinski definition) is 1. The van der Waals surface area contributed by atoms with Crippen molar-refractivity contribution in [2.24, 2.45) is 0 Å². The highest BCUT2D eigenvalue weighted by molar-refractivity contribution is 7.89. The van der Waals surface area contributed by atoms with E-state index in [4.69, 9.17) is 18.9 Å². The van der Waals surface area contributed by atoms with Gasteiger partial charge in [-0.1, -0.05) is 35.9 Å². The maximum absolute atomic E-state index is 14.0. The van der Waals surface area contributed by atoms with Gasteiger partial charge in [-0.15, -0.1) is 0 Å². The summed E-state index contributed by atoms with van der Waals surface area (Å²) in [5.74, 6) is 1.53. The molecule has 3 atom stereocenters. The zero-order valence-electron chi connectivity index (χ0n) is 25.9. The number of methoxy groups -OCH3 is 2. The smallest absolute Gasteiger partial charge is 0.243 e. The van der Waals surface area contributed by atoms with Gasteiger partial charge in [-0.05, 0) is 73.7 Å². The fourth-order valence-electron chi connectivity index (χ4n) is 6.18. The molecule has 5 rings (SSSR count). The Morgan fingerprint density at radius 2 is 1.80 bits per heavy atom. The first-order valence-electron chi connectivity index (χ1n) is 15.3. The Morgan fingerprint density at radius 3 is 2.50 bits per heavy atom. The molecule has 0 bridgehead atoms. The monoisotopic (exact) mass is 624 g/mol. The number of piperidine rings is 1. The van der Waals surface area contributed by atoms with Crippen LogP contribution < -0.4 is 14.4 Å². The minimum absolute atomic E-state index is 0.0755. The third kappa shape index (κ3) is 7.38. The van der Waals surface area contributed by atoms with Crippen LogP contribution in [0.1, 0.15) is 41.9 Å².